The fraction of sp³-hybridized carbons (Fsp3) is 0.579. The van der Waals surface area contributed by atoms with Crippen LogP contribution in [0.3, 0.4) is 0 Å². The molecule has 1 N–H and O–H groups in total. The van der Waals surface area contributed by atoms with Crippen molar-refractivity contribution in [3.05, 3.63) is 35.5 Å². The molecular formula is C19H25N3. The lowest BCUT2D eigenvalue weighted by Gasteiger charge is -2.34. The molecule has 3 atom stereocenters. The van der Waals surface area contributed by atoms with E-state index in [9.17, 15) is 0 Å². The van der Waals surface area contributed by atoms with Gasteiger partial charge < -0.3 is 4.98 Å². The predicted octanol–water partition coefficient (Wildman–Crippen LogP) is 3.67. The smallest absolute Gasteiger partial charge is 0.0672 e. The summed E-state index contributed by atoms with van der Waals surface area (Å²) in [5, 5.41) is 1.46. The predicted molar refractivity (Wildman–Crippen MR) is 89.9 cm³/mol. The van der Waals surface area contributed by atoms with Crippen molar-refractivity contribution in [2.45, 2.75) is 57.3 Å². The lowest BCUT2D eigenvalue weighted by molar-refractivity contribution is 0.0943. The Labute approximate surface area is 132 Å². The van der Waals surface area contributed by atoms with Gasteiger partial charge in [0.15, 0.2) is 0 Å². The lowest BCUT2D eigenvalue weighted by Crippen LogP contribution is -2.43. The summed E-state index contributed by atoms with van der Waals surface area (Å²) in [6, 6.07) is 10.2. The first-order valence-electron chi connectivity index (χ1n) is 8.99. The van der Waals surface area contributed by atoms with Crippen LogP contribution in [0.1, 0.15) is 49.9 Å². The van der Waals surface area contributed by atoms with E-state index in [2.05, 4.69) is 46.0 Å². The van der Waals surface area contributed by atoms with E-state index in [1.807, 2.05) is 0 Å². The number of aromatic nitrogens is 1. The van der Waals surface area contributed by atoms with Crippen LogP contribution in [0.5, 0.6) is 0 Å². The second-order valence-electron chi connectivity index (χ2n) is 7.19. The van der Waals surface area contributed by atoms with Gasteiger partial charge in [0.25, 0.3) is 0 Å². The molecule has 2 aromatic rings. The summed E-state index contributed by atoms with van der Waals surface area (Å²) in [6.07, 6.45) is 7.27. The average Bonchev–Trinajstić information content (AvgIpc) is 3.09. The van der Waals surface area contributed by atoms with Gasteiger partial charge in [-0.2, -0.15) is 0 Å². The summed E-state index contributed by atoms with van der Waals surface area (Å²) in [4.78, 5) is 9.41. The minimum atomic E-state index is 0.599. The van der Waals surface area contributed by atoms with E-state index in [1.165, 1.54) is 61.8 Å². The normalized spacial score (nSPS) is 32.0. The Morgan fingerprint density at radius 3 is 2.95 bits per heavy atom. The van der Waals surface area contributed by atoms with Crippen molar-refractivity contribution in [2.75, 3.05) is 13.1 Å². The Hall–Kier alpha value is -1.32. The number of nitrogens with one attached hydrogen (secondary N) is 1. The minimum absolute atomic E-state index is 0.599. The number of rotatable bonds is 1. The molecule has 3 aliphatic heterocycles. The van der Waals surface area contributed by atoms with E-state index in [0.29, 0.717) is 12.2 Å². The van der Waals surface area contributed by atoms with Gasteiger partial charge >= 0.3 is 0 Å². The second-order valence-corrected chi connectivity index (χ2v) is 7.19. The van der Waals surface area contributed by atoms with Crippen molar-refractivity contribution in [1.82, 2.24) is 14.8 Å². The van der Waals surface area contributed by atoms with Gasteiger partial charge in [0, 0.05) is 35.7 Å². The number of H-pyrrole nitrogens is 1. The van der Waals surface area contributed by atoms with E-state index in [0.717, 1.165) is 6.04 Å². The fourth-order valence-electron chi connectivity index (χ4n) is 5.38. The minimum Gasteiger partial charge on any atom is -0.357 e. The molecule has 22 heavy (non-hydrogen) atoms. The zero-order valence-corrected chi connectivity index (χ0v) is 13.4. The molecule has 0 radical (unpaired) electrons. The van der Waals surface area contributed by atoms with Crippen molar-refractivity contribution < 1.29 is 0 Å². The summed E-state index contributed by atoms with van der Waals surface area (Å²) >= 11 is 0. The SMILES string of the molecule is CCC1N2CCCCC2[C@@H]2c3[nH]c4ccccc4c3CCN12. The van der Waals surface area contributed by atoms with Crippen LogP contribution in [-0.4, -0.2) is 40.1 Å². The molecular weight excluding hydrogens is 270 g/mol. The highest BCUT2D eigenvalue weighted by Gasteiger charge is 2.50. The molecule has 1 aromatic carbocycles. The van der Waals surface area contributed by atoms with Crippen LogP contribution in [0.4, 0.5) is 0 Å². The van der Waals surface area contributed by atoms with Crippen molar-refractivity contribution in [2.24, 2.45) is 0 Å². The van der Waals surface area contributed by atoms with Crippen molar-refractivity contribution in [1.29, 1.82) is 0 Å². The molecule has 116 valence electrons. The molecule has 2 unspecified atom stereocenters. The van der Waals surface area contributed by atoms with Crippen LogP contribution in [0.15, 0.2) is 24.3 Å². The molecule has 2 fully saturated rings. The molecule has 4 heterocycles. The number of hydrogen-bond donors (Lipinski definition) is 1. The molecule has 1 aromatic heterocycles. The number of piperidine rings is 1. The van der Waals surface area contributed by atoms with E-state index in [1.54, 1.807) is 5.56 Å². The third kappa shape index (κ3) is 1.64. The number of hydrogen-bond acceptors (Lipinski definition) is 2. The molecule has 0 spiro atoms. The third-order valence-corrected chi connectivity index (χ3v) is 6.21. The van der Waals surface area contributed by atoms with Gasteiger partial charge in [-0.05, 0) is 37.3 Å². The van der Waals surface area contributed by atoms with Crippen molar-refractivity contribution >= 4 is 10.9 Å². The standard InChI is InChI=1S/C19H25N3/c1-2-17-21-11-6-5-9-16(21)19-18-14(10-12-22(17)19)13-7-3-4-8-15(13)20-18/h3-4,7-8,16-17,19-20H,2,5-6,9-12H2,1H3/t16?,17?,19-/m1/s1. The summed E-state index contributed by atoms with van der Waals surface area (Å²) in [5.41, 5.74) is 4.45. The molecule has 3 heteroatoms. The van der Waals surface area contributed by atoms with Gasteiger partial charge in [-0.15, -0.1) is 0 Å². The van der Waals surface area contributed by atoms with Crippen LogP contribution in [0.25, 0.3) is 10.9 Å². The fourth-order valence-corrected chi connectivity index (χ4v) is 5.38. The molecule has 3 aliphatic rings. The van der Waals surface area contributed by atoms with Crippen molar-refractivity contribution in [3.63, 3.8) is 0 Å². The highest BCUT2D eigenvalue weighted by Crippen LogP contribution is 2.47. The van der Waals surface area contributed by atoms with E-state index in [-0.39, 0.29) is 0 Å². The second kappa shape index (κ2) is 4.84. The van der Waals surface area contributed by atoms with Crippen LogP contribution >= 0.6 is 0 Å². The van der Waals surface area contributed by atoms with E-state index >= 15 is 0 Å². The zero-order chi connectivity index (χ0) is 14.7. The first kappa shape index (κ1) is 13.1. The average molecular weight is 295 g/mol. The maximum absolute atomic E-state index is 3.80. The first-order chi connectivity index (χ1) is 10.9. The first-order valence-corrected chi connectivity index (χ1v) is 8.99. The molecule has 2 saturated heterocycles. The van der Waals surface area contributed by atoms with Gasteiger partial charge in [-0.1, -0.05) is 31.5 Å². The zero-order valence-electron chi connectivity index (χ0n) is 13.4. The number of nitrogens with zero attached hydrogens (tertiary/aromatic N) is 2. The summed E-state index contributed by atoms with van der Waals surface area (Å²) in [6.45, 7) is 4.89. The lowest BCUT2D eigenvalue weighted by atomic mass is 9.90. The monoisotopic (exact) mass is 295 g/mol. The summed E-state index contributed by atoms with van der Waals surface area (Å²) in [7, 11) is 0. The Morgan fingerprint density at radius 1 is 1.14 bits per heavy atom. The van der Waals surface area contributed by atoms with E-state index < -0.39 is 0 Å². The molecule has 0 aliphatic carbocycles. The quantitative estimate of drug-likeness (QED) is 0.867. The topological polar surface area (TPSA) is 22.3 Å². The van der Waals surface area contributed by atoms with E-state index in [4.69, 9.17) is 0 Å². The number of para-hydroxylation sites is 1. The van der Waals surface area contributed by atoms with Gasteiger partial charge in [0.1, 0.15) is 0 Å². The van der Waals surface area contributed by atoms with Crippen LogP contribution in [0, 0.1) is 0 Å². The van der Waals surface area contributed by atoms with Gasteiger partial charge in [-0.3, -0.25) is 9.80 Å². The van der Waals surface area contributed by atoms with Gasteiger partial charge in [0.2, 0.25) is 0 Å². The Kier molecular flexibility index (Phi) is 2.89. The molecule has 0 bridgehead atoms. The maximum atomic E-state index is 3.80. The summed E-state index contributed by atoms with van der Waals surface area (Å²) in [5.74, 6) is 0. The van der Waals surface area contributed by atoms with Gasteiger partial charge in [-0.25, -0.2) is 0 Å². The molecule has 3 nitrogen and oxygen atoms in total. The number of aromatic amines is 1. The van der Waals surface area contributed by atoms with Crippen LogP contribution in [-0.2, 0) is 6.42 Å². The largest absolute Gasteiger partial charge is 0.357 e. The summed E-state index contributed by atoms with van der Waals surface area (Å²) < 4.78 is 0. The third-order valence-electron chi connectivity index (χ3n) is 6.21. The molecule has 0 saturated carbocycles. The van der Waals surface area contributed by atoms with Crippen LogP contribution < -0.4 is 0 Å². The Balaban J connectivity index is 1.66. The number of benzene rings is 1. The van der Waals surface area contributed by atoms with Crippen LogP contribution in [0.2, 0.25) is 0 Å². The Morgan fingerprint density at radius 2 is 2.05 bits per heavy atom. The Bertz CT molecular complexity index is 704. The highest BCUT2D eigenvalue weighted by molar-refractivity contribution is 5.85. The number of fused-ring (bicyclic) bond motifs is 7. The molecule has 5 rings (SSSR count). The van der Waals surface area contributed by atoms with Crippen molar-refractivity contribution in [3.8, 4) is 0 Å². The molecule has 0 amide bonds. The van der Waals surface area contributed by atoms with Gasteiger partial charge in [0.05, 0.1) is 12.2 Å². The maximum Gasteiger partial charge on any atom is 0.0672 e. The highest BCUT2D eigenvalue weighted by atomic mass is 15.5.